The number of para-hydroxylation sites is 1. The van der Waals surface area contributed by atoms with Gasteiger partial charge in [-0.15, -0.1) is 0 Å². The maximum atomic E-state index is 12.4. The Labute approximate surface area is 138 Å². The molecule has 0 radical (unpaired) electrons. The average Bonchev–Trinajstić information content (AvgIpc) is 2.37. The minimum Gasteiger partial charge on any atom is -0.478 e. The zero-order valence-electron chi connectivity index (χ0n) is 10.4. The quantitative estimate of drug-likeness (QED) is 0.768. The number of halogens is 2. The van der Waals surface area contributed by atoms with Gasteiger partial charge in [0.15, 0.2) is 0 Å². The molecular weight excluding hydrogens is 426 g/mol. The number of anilines is 1. The van der Waals surface area contributed by atoms with E-state index in [2.05, 4.69) is 36.6 Å². The van der Waals surface area contributed by atoms with E-state index in [0.29, 0.717) is 4.47 Å². The van der Waals surface area contributed by atoms with E-state index in [1.54, 1.807) is 18.2 Å². The second-order valence-corrected chi connectivity index (χ2v) is 7.45. The Balaban J connectivity index is 2.45. The summed E-state index contributed by atoms with van der Waals surface area (Å²) < 4.78 is 28.1. The van der Waals surface area contributed by atoms with Gasteiger partial charge in [0.1, 0.15) is 4.90 Å². The summed E-state index contributed by atoms with van der Waals surface area (Å²) in [7, 11) is -3.90. The first-order chi connectivity index (χ1) is 9.81. The third kappa shape index (κ3) is 3.63. The molecule has 5 nitrogen and oxygen atoms in total. The molecule has 2 rings (SSSR count). The third-order valence-electron chi connectivity index (χ3n) is 2.59. The number of carboxylic acids is 1. The van der Waals surface area contributed by atoms with Crippen LogP contribution in [0.15, 0.2) is 56.3 Å². The molecule has 0 saturated heterocycles. The Morgan fingerprint density at radius 3 is 2.38 bits per heavy atom. The van der Waals surface area contributed by atoms with Gasteiger partial charge in [0.05, 0.1) is 11.3 Å². The summed E-state index contributed by atoms with van der Waals surface area (Å²) in [6.07, 6.45) is 0. The van der Waals surface area contributed by atoms with Gasteiger partial charge in [-0.3, -0.25) is 4.72 Å². The number of hydrogen-bond donors (Lipinski definition) is 2. The molecule has 0 amide bonds. The minimum absolute atomic E-state index is 0.0137. The zero-order chi connectivity index (χ0) is 15.6. The van der Waals surface area contributed by atoms with Gasteiger partial charge in [-0.25, -0.2) is 13.2 Å². The summed E-state index contributed by atoms with van der Waals surface area (Å²) in [6.45, 7) is 0. The Morgan fingerprint density at radius 1 is 1.10 bits per heavy atom. The van der Waals surface area contributed by atoms with Crippen LogP contribution < -0.4 is 4.72 Å². The van der Waals surface area contributed by atoms with Crippen LogP contribution in [0.25, 0.3) is 0 Å². The molecular formula is C13H9Br2NO4S. The average molecular weight is 435 g/mol. The molecule has 0 fully saturated rings. The van der Waals surface area contributed by atoms with Crippen LogP contribution >= 0.6 is 31.9 Å². The SMILES string of the molecule is O=C(O)c1ccccc1NS(=O)(=O)c1ccc(Br)cc1Br. The van der Waals surface area contributed by atoms with Gasteiger partial charge in [0, 0.05) is 8.95 Å². The fraction of sp³-hybridized carbons (Fsp3) is 0. The van der Waals surface area contributed by atoms with Crippen molar-refractivity contribution < 1.29 is 18.3 Å². The van der Waals surface area contributed by atoms with Crippen LogP contribution in [0.5, 0.6) is 0 Å². The summed E-state index contributed by atoms with van der Waals surface area (Å²) in [5.74, 6) is -1.21. The predicted molar refractivity (Wildman–Crippen MR) is 86.1 cm³/mol. The number of benzene rings is 2. The Kier molecular flexibility index (Phi) is 4.70. The van der Waals surface area contributed by atoms with Crippen LogP contribution in [0.1, 0.15) is 10.4 Å². The highest BCUT2D eigenvalue weighted by Crippen LogP contribution is 2.28. The van der Waals surface area contributed by atoms with E-state index in [9.17, 15) is 13.2 Å². The van der Waals surface area contributed by atoms with Crippen molar-refractivity contribution in [2.75, 3.05) is 4.72 Å². The van der Waals surface area contributed by atoms with Crippen molar-refractivity contribution >= 4 is 53.5 Å². The molecule has 0 aliphatic heterocycles. The zero-order valence-corrected chi connectivity index (χ0v) is 14.4. The molecule has 110 valence electrons. The normalized spacial score (nSPS) is 11.1. The van der Waals surface area contributed by atoms with E-state index in [-0.39, 0.29) is 16.1 Å². The van der Waals surface area contributed by atoms with Crippen molar-refractivity contribution in [3.63, 3.8) is 0 Å². The molecule has 8 heteroatoms. The molecule has 0 heterocycles. The van der Waals surface area contributed by atoms with Crippen LogP contribution in [0, 0.1) is 0 Å². The lowest BCUT2D eigenvalue weighted by atomic mass is 10.2. The third-order valence-corrected chi connectivity index (χ3v) is 5.42. The highest BCUT2D eigenvalue weighted by molar-refractivity contribution is 9.11. The maximum absolute atomic E-state index is 12.4. The molecule has 0 aliphatic carbocycles. The van der Waals surface area contributed by atoms with E-state index < -0.39 is 16.0 Å². The number of aromatic carboxylic acids is 1. The lowest BCUT2D eigenvalue weighted by molar-refractivity contribution is 0.0698. The largest absolute Gasteiger partial charge is 0.478 e. The fourth-order valence-corrected chi connectivity index (χ4v) is 4.48. The van der Waals surface area contributed by atoms with Gasteiger partial charge in [0.25, 0.3) is 10.0 Å². The lowest BCUT2D eigenvalue weighted by Gasteiger charge is -2.11. The van der Waals surface area contributed by atoms with Crippen molar-refractivity contribution in [3.05, 3.63) is 57.0 Å². The molecule has 2 aromatic rings. The molecule has 0 spiro atoms. The second-order valence-electron chi connectivity index (χ2n) is 4.03. The van der Waals surface area contributed by atoms with Gasteiger partial charge in [-0.05, 0) is 46.3 Å². The predicted octanol–water partition coefficient (Wildman–Crippen LogP) is 3.71. The molecule has 0 unspecified atom stereocenters. The van der Waals surface area contributed by atoms with E-state index in [1.165, 1.54) is 24.3 Å². The Bertz CT molecular complexity index is 806. The monoisotopic (exact) mass is 433 g/mol. The Hall–Kier alpha value is -1.38. The van der Waals surface area contributed by atoms with E-state index in [4.69, 9.17) is 5.11 Å². The molecule has 0 atom stereocenters. The summed E-state index contributed by atoms with van der Waals surface area (Å²) in [5, 5.41) is 9.07. The first-order valence-corrected chi connectivity index (χ1v) is 8.68. The van der Waals surface area contributed by atoms with Gasteiger partial charge in [-0.2, -0.15) is 0 Å². The summed E-state index contributed by atoms with van der Waals surface area (Å²) >= 11 is 6.42. The molecule has 2 N–H and O–H groups in total. The first-order valence-electron chi connectivity index (χ1n) is 5.61. The van der Waals surface area contributed by atoms with E-state index in [1.807, 2.05) is 0 Å². The topological polar surface area (TPSA) is 83.5 Å². The van der Waals surface area contributed by atoms with Crippen LogP contribution in [0.4, 0.5) is 5.69 Å². The highest BCUT2D eigenvalue weighted by atomic mass is 79.9. The summed E-state index contributed by atoms with van der Waals surface area (Å²) in [5.41, 5.74) is -0.103. The van der Waals surface area contributed by atoms with E-state index in [0.717, 1.165) is 4.47 Å². The van der Waals surface area contributed by atoms with Gasteiger partial charge in [-0.1, -0.05) is 28.1 Å². The lowest BCUT2D eigenvalue weighted by Crippen LogP contribution is -2.16. The Morgan fingerprint density at radius 2 is 1.76 bits per heavy atom. The minimum atomic E-state index is -3.90. The van der Waals surface area contributed by atoms with Crippen molar-refractivity contribution in [2.24, 2.45) is 0 Å². The number of nitrogens with one attached hydrogen (secondary N) is 1. The second kappa shape index (κ2) is 6.17. The van der Waals surface area contributed by atoms with Gasteiger partial charge >= 0.3 is 5.97 Å². The van der Waals surface area contributed by atoms with Gasteiger partial charge < -0.3 is 5.11 Å². The fourth-order valence-electron chi connectivity index (χ4n) is 1.65. The van der Waals surface area contributed by atoms with Crippen LogP contribution in [-0.2, 0) is 10.0 Å². The van der Waals surface area contributed by atoms with Crippen LogP contribution in [-0.4, -0.2) is 19.5 Å². The summed E-state index contributed by atoms with van der Waals surface area (Å²) in [6, 6.07) is 10.4. The van der Waals surface area contributed by atoms with Gasteiger partial charge in [0.2, 0.25) is 0 Å². The van der Waals surface area contributed by atoms with E-state index >= 15 is 0 Å². The molecule has 0 bridgehead atoms. The first kappa shape index (κ1) is 16.0. The molecule has 0 saturated carbocycles. The number of rotatable bonds is 4. The van der Waals surface area contributed by atoms with Crippen LogP contribution in [0.3, 0.4) is 0 Å². The molecule has 21 heavy (non-hydrogen) atoms. The van der Waals surface area contributed by atoms with Crippen LogP contribution in [0.2, 0.25) is 0 Å². The molecule has 2 aromatic carbocycles. The molecule has 0 aliphatic rings. The number of carbonyl (C=O) groups is 1. The summed E-state index contributed by atoms with van der Waals surface area (Å²) in [4.78, 5) is 11.1. The van der Waals surface area contributed by atoms with Crippen molar-refractivity contribution in [1.82, 2.24) is 0 Å². The number of carboxylic acid groups (broad SMARTS) is 1. The highest BCUT2D eigenvalue weighted by Gasteiger charge is 2.20. The molecule has 0 aromatic heterocycles. The smallest absolute Gasteiger partial charge is 0.337 e. The maximum Gasteiger partial charge on any atom is 0.337 e. The van der Waals surface area contributed by atoms with Crippen molar-refractivity contribution in [2.45, 2.75) is 4.90 Å². The number of sulfonamides is 1. The van der Waals surface area contributed by atoms with Crippen molar-refractivity contribution in [1.29, 1.82) is 0 Å². The van der Waals surface area contributed by atoms with Crippen molar-refractivity contribution in [3.8, 4) is 0 Å². The number of hydrogen-bond acceptors (Lipinski definition) is 3. The standard InChI is InChI=1S/C13H9Br2NO4S/c14-8-5-6-12(10(15)7-8)21(19,20)16-11-4-2-1-3-9(11)13(17)18/h1-7,16H,(H,17,18).